The van der Waals surface area contributed by atoms with Gasteiger partial charge >= 0.3 is 0 Å². The molecule has 0 heterocycles. The lowest BCUT2D eigenvalue weighted by Crippen LogP contribution is -2.33. The molecule has 0 aromatic heterocycles. The fourth-order valence-corrected chi connectivity index (χ4v) is 1.43. The van der Waals surface area contributed by atoms with Crippen LogP contribution in [0.4, 0.5) is 0 Å². The maximum Gasteiger partial charge on any atom is 0.00644 e. The summed E-state index contributed by atoms with van der Waals surface area (Å²) in [4.78, 5) is 2.45. The van der Waals surface area contributed by atoms with Crippen molar-refractivity contribution in [2.75, 3.05) is 20.1 Å². The second kappa shape index (κ2) is 7.34. The Morgan fingerprint density at radius 2 is 1.92 bits per heavy atom. The molecule has 0 aromatic carbocycles. The van der Waals surface area contributed by atoms with Crippen molar-refractivity contribution in [3.63, 3.8) is 0 Å². The Bertz CT molecular complexity index is 115. The van der Waals surface area contributed by atoms with Gasteiger partial charge in [0.25, 0.3) is 0 Å². The highest BCUT2D eigenvalue weighted by Gasteiger charge is 2.10. The topological polar surface area (TPSA) is 29.3 Å². The largest absolute Gasteiger partial charge is 0.330 e. The molecule has 0 aromatic rings. The van der Waals surface area contributed by atoms with Gasteiger partial charge in [-0.05, 0) is 39.3 Å². The summed E-state index contributed by atoms with van der Waals surface area (Å²) in [6, 6.07) is 0.678. The van der Waals surface area contributed by atoms with E-state index >= 15 is 0 Å². The van der Waals surface area contributed by atoms with E-state index in [4.69, 9.17) is 5.73 Å². The fourth-order valence-electron chi connectivity index (χ4n) is 1.43. The summed E-state index contributed by atoms with van der Waals surface area (Å²) in [5.74, 6) is 0.810. The molecule has 2 unspecified atom stereocenters. The Kier molecular flexibility index (Phi) is 7.29. The summed E-state index contributed by atoms with van der Waals surface area (Å²) in [6.45, 7) is 8.89. The molecule has 0 radical (unpaired) electrons. The van der Waals surface area contributed by atoms with Crippen LogP contribution >= 0.6 is 0 Å². The van der Waals surface area contributed by atoms with E-state index in [1.54, 1.807) is 0 Å². The van der Waals surface area contributed by atoms with Gasteiger partial charge in [0.1, 0.15) is 0 Å². The summed E-state index contributed by atoms with van der Waals surface area (Å²) in [6.07, 6.45) is 3.64. The van der Waals surface area contributed by atoms with Crippen LogP contribution in [0.25, 0.3) is 0 Å². The highest BCUT2D eigenvalue weighted by molar-refractivity contribution is 4.65. The molecule has 0 bridgehead atoms. The average molecular weight is 186 g/mol. The van der Waals surface area contributed by atoms with Gasteiger partial charge in [0.05, 0.1) is 0 Å². The van der Waals surface area contributed by atoms with Crippen molar-refractivity contribution in [1.82, 2.24) is 4.90 Å². The molecule has 0 aliphatic carbocycles. The van der Waals surface area contributed by atoms with Crippen LogP contribution in [0, 0.1) is 5.92 Å². The molecule has 0 amide bonds. The highest BCUT2D eigenvalue weighted by atomic mass is 15.1. The second-order valence-electron chi connectivity index (χ2n) is 4.23. The smallest absolute Gasteiger partial charge is 0.00644 e. The Morgan fingerprint density at radius 1 is 1.31 bits per heavy atom. The quantitative estimate of drug-likeness (QED) is 0.659. The van der Waals surface area contributed by atoms with E-state index in [0.29, 0.717) is 6.04 Å². The standard InChI is InChI=1S/C11H26N2/c1-5-10(2)9-13(4)11(3)7-6-8-12/h10-11H,5-9,12H2,1-4H3. The molecule has 13 heavy (non-hydrogen) atoms. The van der Waals surface area contributed by atoms with Crippen LogP contribution in [0.2, 0.25) is 0 Å². The lowest BCUT2D eigenvalue weighted by molar-refractivity contribution is 0.211. The summed E-state index contributed by atoms with van der Waals surface area (Å²) in [7, 11) is 2.22. The van der Waals surface area contributed by atoms with E-state index in [0.717, 1.165) is 18.9 Å². The molecule has 2 heteroatoms. The Morgan fingerprint density at radius 3 is 2.38 bits per heavy atom. The van der Waals surface area contributed by atoms with E-state index in [2.05, 4.69) is 32.7 Å². The summed E-state index contributed by atoms with van der Waals surface area (Å²) in [5, 5.41) is 0. The highest BCUT2D eigenvalue weighted by Crippen LogP contribution is 2.08. The minimum absolute atomic E-state index is 0.678. The molecular formula is C11H26N2. The third-order valence-electron chi connectivity index (χ3n) is 2.88. The summed E-state index contributed by atoms with van der Waals surface area (Å²) >= 11 is 0. The molecule has 0 rings (SSSR count). The number of nitrogens with zero attached hydrogens (tertiary/aromatic N) is 1. The van der Waals surface area contributed by atoms with Crippen LogP contribution in [0.1, 0.15) is 40.0 Å². The molecule has 2 atom stereocenters. The summed E-state index contributed by atoms with van der Waals surface area (Å²) < 4.78 is 0. The Labute approximate surface area is 83.5 Å². The Balaban J connectivity index is 3.61. The van der Waals surface area contributed by atoms with Gasteiger partial charge in [0.15, 0.2) is 0 Å². The van der Waals surface area contributed by atoms with Gasteiger partial charge in [-0.1, -0.05) is 20.3 Å². The van der Waals surface area contributed by atoms with Gasteiger partial charge in [-0.25, -0.2) is 0 Å². The maximum atomic E-state index is 5.49. The van der Waals surface area contributed by atoms with E-state index in [1.165, 1.54) is 19.4 Å². The van der Waals surface area contributed by atoms with Crippen LogP contribution in [0.5, 0.6) is 0 Å². The zero-order valence-corrected chi connectivity index (χ0v) is 9.71. The number of hydrogen-bond donors (Lipinski definition) is 1. The number of hydrogen-bond acceptors (Lipinski definition) is 2. The minimum atomic E-state index is 0.678. The van der Waals surface area contributed by atoms with Gasteiger partial charge in [-0.2, -0.15) is 0 Å². The molecule has 0 fully saturated rings. The van der Waals surface area contributed by atoms with Gasteiger partial charge in [-0.3, -0.25) is 0 Å². The van der Waals surface area contributed by atoms with Gasteiger partial charge in [0, 0.05) is 12.6 Å². The molecule has 2 N–H and O–H groups in total. The predicted octanol–water partition coefficient (Wildman–Crippen LogP) is 2.09. The first-order valence-electron chi connectivity index (χ1n) is 5.52. The van der Waals surface area contributed by atoms with E-state index in [1.807, 2.05) is 0 Å². The van der Waals surface area contributed by atoms with E-state index < -0.39 is 0 Å². The monoisotopic (exact) mass is 186 g/mol. The summed E-state index contributed by atoms with van der Waals surface area (Å²) in [5.41, 5.74) is 5.49. The maximum absolute atomic E-state index is 5.49. The van der Waals surface area contributed by atoms with E-state index in [9.17, 15) is 0 Å². The van der Waals surface area contributed by atoms with Gasteiger partial charge in [0.2, 0.25) is 0 Å². The molecule has 0 aliphatic rings. The van der Waals surface area contributed by atoms with Crippen molar-refractivity contribution < 1.29 is 0 Å². The minimum Gasteiger partial charge on any atom is -0.330 e. The third kappa shape index (κ3) is 6.05. The number of nitrogens with two attached hydrogens (primary N) is 1. The first-order chi connectivity index (χ1) is 6.11. The third-order valence-corrected chi connectivity index (χ3v) is 2.88. The normalized spacial score (nSPS) is 16.2. The molecule has 0 aliphatic heterocycles. The lowest BCUT2D eigenvalue weighted by atomic mass is 10.1. The zero-order chi connectivity index (χ0) is 10.3. The zero-order valence-electron chi connectivity index (χ0n) is 9.71. The van der Waals surface area contributed by atoms with Gasteiger partial charge < -0.3 is 10.6 Å². The molecule has 2 nitrogen and oxygen atoms in total. The van der Waals surface area contributed by atoms with E-state index in [-0.39, 0.29) is 0 Å². The van der Waals surface area contributed by atoms with Crippen LogP contribution in [-0.2, 0) is 0 Å². The first-order valence-corrected chi connectivity index (χ1v) is 5.52. The number of rotatable bonds is 7. The van der Waals surface area contributed by atoms with Crippen LogP contribution < -0.4 is 5.73 Å². The molecule has 0 saturated carbocycles. The van der Waals surface area contributed by atoms with Crippen molar-refractivity contribution in [2.45, 2.75) is 46.1 Å². The second-order valence-corrected chi connectivity index (χ2v) is 4.23. The molecule has 0 saturated heterocycles. The van der Waals surface area contributed by atoms with Crippen LogP contribution in [-0.4, -0.2) is 31.1 Å². The van der Waals surface area contributed by atoms with Crippen LogP contribution in [0.3, 0.4) is 0 Å². The predicted molar refractivity (Wildman–Crippen MR) is 59.8 cm³/mol. The van der Waals surface area contributed by atoms with Crippen molar-refractivity contribution in [1.29, 1.82) is 0 Å². The molecule has 0 spiro atoms. The average Bonchev–Trinajstić information content (AvgIpc) is 2.13. The van der Waals surface area contributed by atoms with Crippen LogP contribution in [0.15, 0.2) is 0 Å². The lowest BCUT2D eigenvalue weighted by Gasteiger charge is -2.27. The van der Waals surface area contributed by atoms with Crippen molar-refractivity contribution in [2.24, 2.45) is 11.7 Å². The van der Waals surface area contributed by atoms with Gasteiger partial charge in [-0.15, -0.1) is 0 Å². The SMILES string of the molecule is CCC(C)CN(C)C(C)CCCN. The van der Waals surface area contributed by atoms with Crippen molar-refractivity contribution in [3.8, 4) is 0 Å². The van der Waals surface area contributed by atoms with Crippen molar-refractivity contribution >= 4 is 0 Å². The Hall–Kier alpha value is -0.0800. The van der Waals surface area contributed by atoms with Crippen molar-refractivity contribution in [3.05, 3.63) is 0 Å². The molecule has 80 valence electrons. The fraction of sp³-hybridized carbons (Fsp3) is 1.00. The first kappa shape index (κ1) is 12.9. The molecular weight excluding hydrogens is 160 g/mol.